The Kier molecular flexibility index (Phi) is 4.56. The van der Waals surface area contributed by atoms with E-state index in [2.05, 4.69) is 24.1 Å². The summed E-state index contributed by atoms with van der Waals surface area (Å²) in [5.74, 6) is -0.266. The molecule has 0 bridgehead atoms. The van der Waals surface area contributed by atoms with Gasteiger partial charge in [0.05, 0.1) is 5.56 Å². The second kappa shape index (κ2) is 6.17. The lowest BCUT2D eigenvalue weighted by Gasteiger charge is -2.38. The minimum atomic E-state index is -0.859. The van der Waals surface area contributed by atoms with Crippen LogP contribution in [-0.4, -0.2) is 41.7 Å². The number of piperazine rings is 1. The fraction of sp³-hybridized carbons (Fsp3) is 0.533. The lowest BCUT2D eigenvalue weighted by molar-refractivity contribution is 0.0696. The molecule has 0 unspecified atom stereocenters. The highest BCUT2D eigenvalue weighted by Gasteiger charge is 2.24. The zero-order valence-electron chi connectivity index (χ0n) is 11.6. The maximum Gasteiger partial charge on any atom is 0.335 e. The molecule has 1 atom stereocenters. The maximum absolute atomic E-state index is 11.0. The Morgan fingerprint density at radius 3 is 3.00 bits per heavy atom. The molecule has 0 aliphatic carbocycles. The van der Waals surface area contributed by atoms with Crippen LogP contribution in [0.2, 0.25) is 0 Å². The standard InChI is InChI=1S/C15H22N2O2/c1-11(2)14-9-16-6-7-17(14)10-12-4-3-5-13(8-12)15(18)19/h3-5,8,11,14,16H,6-7,9-10H2,1-2H3,(H,18,19)/t14-/m0/s1. The fourth-order valence-electron chi connectivity index (χ4n) is 2.66. The number of hydrogen-bond donors (Lipinski definition) is 2. The van der Waals surface area contributed by atoms with Crippen molar-refractivity contribution in [2.24, 2.45) is 5.92 Å². The number of carboxylic acids is 1. The molecule has 19 heavy (non-hydrogen) atoms. The second-order valence-corrected chi connectivity index (χ2v) is 5.49. The Bertz CT molecular complexity index is 446. The molecule has 0 amide bonds. The Morgan fingerprint density at radius 2 is 2.32 bits per heavy atom. The Morgan fingerprint density at radius 1 is 1.53 bits per heavy atom. The summed E-state index contributed by atoms with van der Waals surface area (Å²) in [5.41, 5.74) is 1.45. The van der Waals surface area contributed by atoms with E-state index < -0.39 is 5.97 Å². The van der Waals surface area contributed by atoms with Gasteiger partial charge in [0.2, 0.25) is 0 Å². The van der Waals surface area contributed by atoms with Gasteiger partial charge in [0, 0.05) is 32.2 Å². The number of aromatic carboxylic acids is 1. The number of carboxylic acid groups (broad SMARTS) is 1. The summed E-state index contributed by atoms with van der Waals surface area (Å²) in [7, 11) is 0. The molecule has 1 aromatic rings. The van der Waals surface area contributed by atoms with Gasteiger partial charge in [0.15, 0.2) is 0 Å². The number of hydrogen-bond acceptors (Lipinski definition) is 3. The molecule has 2 N–H and O–H groups in total. The minimum Gasteiger partial charge on any atom is -0.478 e. The monoisotopic (exact) mass is 262 g/mol. The predicted molar refractivity (Wildman–Crippen MR) is 75.3 cm³/mol. The molecule has 0 radical (unpaired) electrons. The van der Waals surface area contributed by atoms with Gasteiger partial charge in [0.1, 0.15) is 0 Å². The first-order valence-electron chi connectivity index (χ1n) is 6.85. The lowest BCUT2D eigenvalue weighted by Crippen LogP contribution is -2.52. The van der Waals surface area contributed by atoms with Crippen molar-refractivity contribution in [3.63, 3.8) is 0 Å². The fourth-order valence-corrected chi connectivity index (χ4v) is 2.66. The first kappa shape index (κ1) is 14.0. The van der Waals surface area contributed by atoms with Gasteiger partial charge in [0.25, 0.3) is 0 Å². The quantitative estimate of drug-likeness (QED) is 0.869. The van der Waals surface area contributed by atoms with Crippen molar-refractivity contribution in [3.8, 4) is 0 Å². The van der Waals surface area contributed by atoms with Crippen molar-refractivity contribution >= 4 is 5.97 Å². The highest BCUT2D eigenvalue weighted by Crippen LogP contribution is 2.17. The van der Waals surface area contributed by atoms with Crippen LogP contribution in [-0.2, 0) is 6.54 Å². The molecule has 1 aromatic carbocycles. The number of nitrogens with zero attached hydrogens (tertiary/aromatic N) is 1. The van der Waals surface area contributed by atoms with Gasteiger partial charge >= 0.3 is 5.97 Å². The van der Waals surface area contributed by atoms with E-state index in [9.17, 15) is 4.79 Å². The molecule has 2 rings (SSSR count). The summed E-state index contributed by atoms with van der Waals surface area (Å²) < 4.78 is 0. The largest absolute Gasteiger partial charge is 0.478 e. The van der Waals surface area contributed by atoms with Crippen LogP contribution in [0, 0.1) is 5.92 Å². The molecule has 0 saturated carbocycles. The van der Waals surface area contributed by atoms with Gasteiger partial charge in [-0.1, -0.05) is 26.0 Å². The van der Waals surface area contributed by atoms with Crippen molar-refractivity contribution in [2.45, 2.75) is 26.4 Å². The minimum absolute atomic E-state index is 0.369. The molecule has 1 saturated heterocycles. The summed E-state index contributed by atoms with van der Waals surface area (Å²) in [4.78, 5) is 13.4. The van der Waals surface area contributed by atoms with Gasteiger partial charge in [-0.3, -0.25) is 4.90 Å². The first-order valence-corrected chi connectivity index (χ1v) is 6.85. The number of nitrogens with one attached hydrogen (secondary N) is 1. The average molecular weight is 262 g/mol. The van der Waals surface area contributed by atoms with Crippen molar-refractivity contribution in [2.75, 3.05) is 19.6 Å². The molecular weight excluding hydrogens is 240 g/mol. The highest BCUT2D eigenvalue weighted by atomic mass is 16.4. The second-order valence-electron chi connectivity index (χ2n) is 5.49. The van der Waals surface area contributed by atoms with Gasteiger partial charge in [-0.05, 0) is 23.6 Å². The molecule has 4 nitrogen and oxygen atoms in total. The molecular formula is C15H22N2O2. The van der Waals surface area contributed by atoms with Crippen molar-refractivity contribution in [1.82, 2.24) is 10.2 Å². The Hall–Kier alpha value is -1.39. The summed E-state index contributed by atoms with van der Waals surface area (Å²) in [6.45, 7) is 8.32. The predicted octanol–water partition coefficient (Wildman–Crippen LogP) is 1.81. The number of rotatable bonds is 4. The van der Waals surface area contributed by atoms with E-state index in [0.717, 1.165) is 31.7 Å². The van der Waals surface area contributed by atoms with Crippen LogP contribution >= 0.6 is 0 Å². The van der Waals surface area contributed by atoms with E-state index in [1.807, 2.05) is 12.1 Å². The SMILES string of the molecule is CC(C)[C@@H]1CNCCN1Cc1cccc(C(=O)O)c1. The van der Waals surface area contributed by atoms with Crippen molar-refractivity contribution < 1.29 is 9.90 Å². The number of benzene rings is 1. The zero-order chi connectivity index (χ0) is 13.8. The van der Waals surface area contributed by atoms with Gasteiger partial charge in [-0.25, -0.2) is 4.79 Å². The van der Waals surface area contributed by atoms with Crippen LogP contribution in [0.1, 0.15) is 29.8 Å². The smallest absolute Gasteiger partial charge is 0.335 e. The zero-order valence-corrected chi connectivity index (χ0v) is 11.6. The average Bonchev–Trinajstić information content (AvgIpc) is 2.39. The van der Waals surface area contributed by atoms with E-state index in [-0.39, 0.29) is 0 Å². The van der Waals surface area contributed by atoms with Crippen LogP contribution in [0.5, 0.6) is 0 Å². The topological polar surface area (TPSA) is 52.6 Å². The molecule has 4 heteroatoms. The third-order valence-corrected chi connectivity index (χ3v) is 3.73. The van der Waals surface area contributed by atoms with E-state index in [4.69, 9.17) is 5.11 Å². The van der Waals surface area contributed by atoms with E-state index in [0.29, 0.717) is 17.5 Å². The third kappa shape index (κ3) is 3.55. The molecule has 1 fully saturated rings. The molecule has 1 aliphatic rings. The highest BCUT2D eigenvalue weighted by molar-refractivity contribution is 5.87. The number of carbonyl (C=O) groups is 1. The van der Waals surface area contributed by atoms with Crippen LogP contribution in [0.25, 0.3) is 0 Å². The summed E-state index contributed by atoms with van der Waals surface area (Å²) in [6, 6.07) is 7.77. The van der Waals surface area contributed by atoms with E-state index in [1.165, 1.54) is 0 Å². The summed E-state index contributed by atoms with van der Waals surface area (Å²) in [6.07, 6.45) is 0. The van der Waals surface area contributed by atoms with Crippen LogP contribution in [0.15, 0.2) is 24.3 Å². The maximum atomic E-state index is 11.0. The van der Waals surface area contributed by atoms with Gasteiger partial charge < -0.3 is 10.4 Å². The molecule has 1 heterocycles. The van der Waals surface area contributed by atoms with Crippen molar-refractivity contribution in [1.29, 1.82) is 0 Å². The Labute approximate surface area is 114 Å². The summed E-state index contributed by atoms with van der Waals surface area (Å²) >= 11 is 0. The van der Waals surface area contributed by atoms with Crippen molar-refractivity contribution in [3.05, 3.63) is 35.4 Å². The third-order valence-electron chi connectivity index (χ3n) is 3.73. The molecule has 0 aromatic heterocycles. The van der Waals surface area contributed by atoms with Crippen LogP contribution < -0.4 is 5.32 Å². The molecule has 104 valence electrons. The normalized spacial score (nSPS) is 20.7. The van der Waals surface area contributed by atoms with Gasteiger partial charge in [-0.2, -0.15) is 0 Å². The first-order chi connectivity index (χ1) is 9.08. The van der Waals surface area contributed by atoms with E-state index in [1.54, 1.807) is 12.1 Å². The lowest BCUT2D eigenvalue weighted by atomic mass is 9.99. The molecule has 1 aliphatic heterocycles. The van der Waals surface area contributed by atoms with Gasteiger partial charge in [-0.15, -0.1) is 0 Å². The van der Waals surface area contributed by atoms with E-state index >= 15 is 0 Å². The van der Waals surface area contributed by atoms with Crippen LogP contribution in [0.4, 0.5) is 0 Å². The molecule has 0 spiro atoms. The summed E-state index contributed by atoms with van der Waals surface area (Å²) in [5, 5.41) is 12.5. The van der Waals surface area contributed by atoms with Crippen LogP contribution in [0.3, 0.4) is 0 Å². The Balaban J connectivity index is 2.10.